The topological polar surface area (TPSA) is 50.4 Å². The van der Waals surface area contributed by atoms with E-state index in [0.29, 0.717) is 11.5 Å². The summed E-state index contributed by atoms with van der Waals surface area (Å²) in [7, 11) is 0. The summed E-state index contributed by atoms with van der Waals surface area (Å²) >= 11 is 0. The number of hydrogen-bond acceptors (Lipinski definition) is 3. The van der Waals surface area contributed by atoms with Gasteiger partial charge in [-0.15, -0.1) is 0 Å². The summed E-state index contributed by atoms with van der Waals surface area (Å²) in [6.45, 7) is 7.92. The molecule has 4 nitrogen and oxygen atoms in total. The molecule has 1 aliphatic heterocycles. The van der Waals surface area contributed by atoms with E-state index >= 15 is 0 Å². The maximum absolute atomic E-state index is 11.6. The van der Waals surface area contributed by atoms with Gasteiger partial charge in [0, 0.05) is 6.04 Å². The highest BCUT2D eigenvalue weighted by atomic mass is 16.6. The highest BCUT2D eigenvalue weighted by molar-refractivity contribution is 5.68. The van der Waals surface area contributed by atoms with Crippen LogP contribution in [0.25, 0.3) is 0 Å². The van der Waals surface area contributed by atoms with Gasteiger partial charge in [0.25, 0.3) is 0 Å². The first-order valence-corrected chi connectivity index (χ1v) is 6.59. The number of nitrogens with one attached hydrogen (secondary N) is 2. The number of alkyl carbamates (subject to hydrolysis) is 1. The number of hydrogen-bond donors (Lipinski definition) is 2. The molecule has 1 aliphatic carbocycles. The number of carbonyl (C=O) groups excluding carboxylic acids is 1. The van der Waals surface area contributed by atoms with Gasteiger partial charge in [0.1, 0.15) is 5.60 Å². The minimum atomic E-state index is -0.403. The first-order valence-electron chi connectivity index (χ1n) is 6.59. The van der Waals surface area contributed by atoms with Crippen molar-refractivity contribution in [2.24, 2.45) is 5.41 Å². The number of carbonyl (C=O) groups is 1. The van der Waals surface area contributed by atoms with Crippen LogP contribution < -0.4 is 10.6 Å². The molecule has 1 heterocycles. The van der Waals surface area contributed by atoms with Crippen LogP contribution in [0, 0.1) is 5.41 Å². The molecule has 0 aromatic carbocycles. The normalized spacial score (nSPS) is 24.2. The largest absolute Gasteiger partial charge is 0.444 e. The first-order chi connectivity index (χ1) is 7.89. The minimum absolute atomic E-state index is 0.272. The molecule has 0 aromatic heterocycles. The van der Waals surface area contributed by atoms with Crippen molar-refractivity contribution in [1.82, 2.24) is 10.6 Å². The Hall–Kier alpha value is -0.770. The number of ether oxygens (including phenoxy) is 1. The van der Waals surface area contributed by atoms with Gasteiger partial charge in [-0.1, -0.05) is 0 Å². The number of amides is 1. The zero-order valence-corrected chi connectivity index (χ0v) is 11.1. The zero-order chi connectivity index (χ0) is 12.5. The van der Waals surface area contributed by atoms with Gasteiger partial charge in [-0.2, -0.15) is 0 Å². The van der Waals surface area contributed by atoms with Crippen LogP contribution >= 0.6 is 0 Å². The van der Waals surface area contributed by atoms with Gasteiger partial charge < -0.3 is 15.4 Å². The third-order valence-electron chi connectivity index (χ3n) is 3.74. The fourth-order valence-corrected chi connectivity index (χ4v) is 2.93. The maximum Gasteiger partial charge on any atom is 0.407 e. The van der Waals surface area contributed by atoms with Gasteiger partial charge in [0.05, 0.1) is 0 Å². The van der Waals surface area contributed by atoms with E-state index in [1.54, 1.807) is 0 Å². The van der Waals surface area contributed by atoms with Crippen LogP contribution in [-0.4, -0.2) is 30.8 Å². The molecule has 1 saturated heterocycles. The molecule has 0 aromatic rings. The summed E-state index contributed by atoms with van der Waals surface area (Å²) in [5, 5.41) is 6.35. The maximum atomic E-state index is 11.6. The van der Waals surface area contributed by atoms with Crippen molar-refractivity contribution in [1.29, 1.82) is 0 Å². The summed E-state index contributed by atoms with van der Waals surface area (Å²) < 4.78 is 5.26. The number of piperidine rings is 1. The third-order valence-corrected chi connectivity index (χ3v) is 3.74. The van der Waals surface area contributed by atoms with Crippen LogP contribution in [0.1, 0.15) is 46.5 Å². The van der Waals surface area contributed by atoms with Crippen molar-refractivity contribution in [2.75, 3.05) is 13.1 Å². The lowest BCUT2D eigenvalue weighted by Gasteiger charge is -2.50. The SMILES string of the molecule is CC(C)(C)OC(=O)NC1CC2(CCNCC2)C1. The van der Waals surface area contributed by atoms with Crippen LogP contribution in [0.15, 0.2) is 0 Å². The van der Waals surface area contributed by atoms with Crippen molar-refractivity contribution < 1.29 is 9.53 Å². The van der Waals surface area contributed by atoms with Crippen LogP contribution in [0.5, 0.6) is 0 Å². The lowest BCUT2D eigenvalue weighted by molar-refractivity contribution is 0.0207. The van der Waals surface area contributed by atoms with E-state index in [0.717, 1.165) is 25.9 Å². The van der Waals surface area contributed by atoms with Gasteiger partial charge in [-0.25, -0.2) is 4.79 Å². The molecule has 1 saturated carbocycles. The Morgan fingerprint density at radius 3 is 2.41 bits per heavy atom. The Bertz CT molecular complexity index is 282. The van der Waals surface area contributed by atoms with Crippen molar-refractivity contribution in [2.45, 2.75) is 58.1 Å². The summed E-state index contributed by atoms with van der Waals surface area (Å²) in [5.74, 6) is 0. The molecule has 0 radical (unpaired) electrons. The zero-order valence-electron chi connectivity index (χ0n) is 11.1. The monoisotopic (exact) mass is 240 g/mol. The Morgan fingerprint density at radius 1 is 1.29 bits per heavy atom. The lowest BCUT2D eigenvalue weighted by atomic mass is 9.60. The Labute approximate surface area is 103 Å². The molecule has 0 bridgehead atoms. The Balaban J connectivity index is 1.71. The van der Waals surface area contributed by atoms with Gasteiger partial charge >= 0.3 is 6.09 Å². The van der Waals surface area contributed by atoms with Crippen molar-refractivity contribution in [3.63, 3.8) is 0 Å². The second kappa shape index (κ2) is 4.48. The summed E-state index contributed by atoms with van der Waals surface area (Å²) in [4.78, 5) is 11.6. The first kappa shape index (κ1) is 12.7. The van der Waals surface area contributed by atoms with E-state index in [1.807, 2.05) is 20.8 Å². The molecule has 2 aliphatic rings. The predicted molar refractivity (Wildman–Crippen MR) is 66.9 cm³/mol. The molecule has 1 spiro atoms. The van der Waals surface area contributed by atoms with E-state index in [1.165, 1.54) is 12.8 Å². The Morgan fingerprint density at radius 2 is 1.88 bits per heavy atom. The average Bonchev–Trinajstić information content (AvgIpc) is 2.13. The van der Waals surface area contributed by atoms with Crippen LogP contribution in [0.4, 0.5) is 4.79 Å². The second-order valence-corrected chi connectivity index (χ2v) is 6.50. The van der Waals surface area contributed by atoms with E-state index in [9.17, 15) is 4.79 Å². The molecule has 98 valence electrons. The van der Waals surface area contributed by atoms with E-state index < -0.39 is 5.60 Å². The van der Waals surface area contributed by atoms with Crippen molar-refractivity contribution >= 4 is 6.09 Å². The van der Waals surface area contributed by atoms with Gasteiger partial charge in [0.2, 0.25) is 0 Å². The molecule has 0 atom stereocenters. The molecular weight excluding hydrogens is 216 g/mol. The molecular formula is C13H24N2O2. The summed E-state index contributed by atoms with van der Waals surface area (Å²) in [5.41, 5.74) is 0.102. The van der Waals surface area contributed by atoms with Crippen LogP contribution in [0.3, 0.4) is 0 Å². The smallest absolute Gasteiger partial charge is 0.407 e. The molecule has 0 unspecified atom stereocenters. The molecule has 17 heavy (non-hydrogen) atoms. The quantitative estimate of drug-likeness (QED) is 0.737. The molecule has 2 fully saturated rings. The van der Waals surface area contributed by atoms with Crippen molar-refractivity contribution in [3.8, 4) is 0 Å². The molecule has 1 amide bonds. The highest BCUT2D eigenvalue weighted by Crippen LogP contribution is 2.47. The van der Waals surface area contributed by atoms with Crippen LogP contribution in [0.2, 0.25) is 0 Å². The van der Waals surface area contributed by atoms with E-state index in [2.05, 4.69) is 10.6 Å². The van der Waals surface area contributed by atoms with Gasteiger partial charge in [0.15, 0.2) is 0 Å². The van der Waals surface area contributed by atoms with Crippen LogP contribution in [-0.2, 0) is 4.74 Å². The lowest BCUT2D eigenvalue weighted by Crippen LogP contribution is -2.54. The summed E-state index contributed by atoms with van der Waals surface area (Å²) in [6, 6.07) is 0.322. The molecule has 2 N–H and O–H groups in total. The molecule has 4 heteroatoms. The average molecular weight is 240 g/mol. The predicted octanol–water partition coefficient (Wildman–Crippen LogP) is 2.04. The Kier molecular flexibility index (Phi) is 3.34. The van der Waals surface area contributed by atoms with Crippen molar-refractivity contribution in [3.05, 3.63) is 0 Å². The van der Waals surface area contributed by atoms with E-state index in [-0.39, 0.29) is 6.09 Å². The molecule has 2 rings (SSSR count). The second-order valence-electron chi connectivity index (χ2n) is 6.50. The summed E-state index contributed by atoms with van der Waals surface area (Å²) in [6.07, 6.45) is 4.46. The fraction of sp³-hybridized carbons (Fsp3) is 0.923. The standard InChI is InChI=1S/C13H24N2O2/c1-12(2,3)17-11(16)15-10-8-13(9-10)4-6-14-7-5-13/h10,14H,4-9H2,1-3H3,(H,15,16). The number of rotatable bonds is 1. The van der Waals surface area contributed by atoms with Gasteiger partial charge in [-0.05, 0) is 65.0 Å². The van der Waals surface area contributed by atoms with Gasteiger partial charge in [-0.3, -0.25) is 0 Å². The fourth-order valence-electron chi connectivity index (χ4n) is 2.93. The minimum Gasteiger partial charge on any atom is -0.444 e. The van der Waals surface area contributed by atoms with E-state index in [4.69, 9.17) is 4.74 Å². The third kappa shape index (κ3) is 3.35. The highest BCUT2D eigenvalue weighted by Gasteiger charge is 2.45.